The molecule has 3 rings (SSSR count). The molecule has 0 aliphatic carbocycles. The quantitative estimate of drug-likeness (QED) is 0.230. The lowest BCUT2D eigenvalue weighted by Gasteiger charge is -2.11. The fourth-order valence-corrected chi connectivity index (χ4v) is 2.72. The van der Waals surface area contributed by atoms with Gasteiger partial charge in [0.25, 0.3) is 0 Å². The van der Waals surface area contributed by atoms with Crippen molar-refractivity contribution >= 4 is 29.2 Å². The van der Waals surface area contributed by atoms with E-state index in [1.54, 1.807) is 13.3 Å². The predicted octanol–water partition coefficient (Wildman–Crippen LogP) is 4.47. The molecule has 0 amide bonds. The third-order valence-electron chi connectivity index (χ3n) is 3.97. The van der Waals surface area contributed by atoms with Gasteiger partial charge < -0.3 is 19.5 Å². The number of hydrogen-bond acceptors (Lipinski definition) is 5. The van der Waals surface area contributed by atoms with Gasteiger partial charge in [-0.25, -0.2) is 0 Å². The van der Waals surface area contributed by atoms with Gasteiger partial charge in [0.15, 0.2) is 16.6 Å². The second-order valence-electron chi connectivity index (χ2n) is 6.11. The lowest BCUT2D eigenvalue weighted by atomic mass is 10.2. The van der Waals surface area contributed by atoms with Gasteiger partial charge in [0.05, 0.1) is 13.3 Å². The van der Waals surface area contributed by atoms with E-state index in [9.17, 15) is 0 Å². The summed E-state index contributed by atoms with van der Waals surface area (Å²) >= 11 is 5.21. The number of methoxy groups -OCH3 is 1. The van der Waals surface area contributed by atoms with Gasteiger partial charge in [0.2, 0.25) is 0 Å². The Morgan fingerprint density at radius 1 is 0.867 bits per heavy atom. The van der Waals surface area contributed by atoms with Crippen molar-refractivity contribution in [3.05, 3.63) is 84.4 Å². The van der Waals surface area contributed by atoms with E-state index in [4.69, 9.17) is 26.4 Å². The highest BCUT2D eigenvalue weighted by Gasteiger charge is 2.02. The van der Waals surface area contributed by atoms with Crippen molar-refractivity contribution in [2.45, 2.75) is 0 Å². The molecule has 0 radical (unpaired) electrons. The summed E-state index contributed by atoms with van der Waals surface area (Å²) in [5, 5.41) is 7.62. The standard InChI is InChI=1S/C23H23N3O3S/c1-27-21-9-5-6-10-22(21)29-16-15-28-20-13-11-18(12-14-20)17-24-26-23(30)25-19-7-3-2-4-8-19/h2-14,17H,15-16H2,1H3,(H2,25,26,30)/b24-17-. The Morgan fingerprint density at radius 3 is 2.27 bits per heavy atom. The molecule has 0 saturated carbocycles. The third kappa shape index (κ3) is 6.79. The molecule has 3 aromatic rings. The average molecular weight is 422 g/mol. The first-order valence-electron chi connectivity index (χ1n) is 9.38. The number of thiocarbonyl (C=S) groups is 1. The first-order chi connectivity index (χ1) is 14.7. The van der Waals surface area contributed by atoms with Gasteiger partial charge >= 0.3 is 0 Å². The number of hydrazone groups is 1. The van der Waals surface area contributed by atoms with Crippen molar-refractivity contribution in [1.29, 1.82) is 0 Å². The van der Waals surface area contributed by atoms with Gasteiger partial charge in [0, 0.05) is 5.69 Å². The molecule has 0 aliphatic heterocycles. The van der Waals surface area contributed by atoms with Gasteiger partial charge in [0.1, 0.15) is 19.0 Å². The highest BCUT2D eigenvalue weighted by molar-refractivity contribution is 7.80. The van der Waals surface area contributed by atoms with Gasteiger partial charge in [-0.3, -0.25) is 5.43 Å². The SMILES string of the molecule is COc1ccccc1OCCOc1ccc(/C=N\NC(=S)Nc2ccccc2)cc1. The summed E-state index contributed by atoms with van der Waals surface area (Å²) in [6, 6.07) is 24.8. The number of hydrogen-bond donors (Lipinski definition) is 2. The van der Waals surface area contributed by atoms with Gasteiger partial charge in [-0.1, -0.05) is 30.3 Å². The van der Waals surface area contributed by atoms with E-state index in [0.29, 0.717) is 29.8 Å². The maximum atomic E-state index is 5.71. The predicted molar refractivity (Wildman–Crippen MR) is 124 cm³/mol. The summed E-state index contributed by atoms with van der Waals surface area (Å²) in [4.78, 5) is 0. The molecule has 30 heavy (non-hydrogen) atoms. The highest BCUT2D eigenvalue weighted by atomic mass is 32.1. The Kier molecular flexibility index (Phi) is 8.05. The van der Waals surface area contributed by atoms with Crippen molar-refractivity contribution in [3.8, 4) is 17.2 Å². The summed E-state index contributed by atoms with van der Waals surface area (Å²) in [5.41, 5.74) is 4.62. The second kappa shape index (κ2) is 11.4. The summed E-state index contributed by atoms with van der Waals surface area (Å²) < 4.78 is 16.7. The Balaban J connectivity index is 1.39. The fraction of sp³-hybridized carbons (Fsp3) is 0.130. The molecule has 0 unspecified atom stereocenters. The number of para-hydroxylation sites is 3. The number of nitrogens with zero attached hydrogens (tertiary/aromatic N) is 1. The van der Waals surface area contributed by atoms with Crippen molar-refractivity contribution in [2.75, 3.05) is 25.6 Å². The zero-order chi connectivity index (χ0) is 21.0. The zero-order valence-electron chi connectivity index (χ0n) is 16.6. The summed E-state index contributed by atoms with van der Waals surface area (Å²) in [6.45, 7) is 0.839. The van der Waals surface area contributed by atoms with E-state index >= 15 is 0 Å². The monoisotopic (exact) mass is 421 g/mol. The molecule has 6 nitrogen and oxygen atoms in total. The van der Waals surface area contributed by atoms with Gasteiger partial charge in [-0.05, 0) is 66.3 Å². The van der Waals surface area contributed by atoms with Gasteiger partial charge in [-0.2, -0.15) is 5.10 Å². The maximum absolute atomic E-state index is 5.71. The Hall–Kier alpha value is -3.58. The minimum atomic E-state index is 0.416. The van der Waals surface area contributed by atoms with Crippen LogP contribution in [0.4, 0.5) is 5.69 Å². The Morgan fingerprint density at radius 2 is 1.53 bits per heavy atom. The molecular formula is C23H23N3O3S. The molecule has 3 aromatic carbocycles. The van der Waals surface area contributed by atoms with Crippen molar-refractivity contribution in [1.82, 2.24) is 5.43 Å². The van der Waals surface area contributed by atoms with Crippen LogP contribution in [0, 0.1) is 0 Å². The van der Waals surface area contributed by atoms with Crippen molar-refractivity contribution in [2.24, 2.45) is 5.10 Å². The fourth-order valence-electron chi connectivity index (χ4n) is 2.55. The zero-order valence-corrected chi connectivity index (χ0v) is 17.4. The highest BCUT2D eigenvalue weighted by Crippen LogP contribution is 2.25. The molecule has 2 N–H and O–H groups in total. The number of rotatable bonds is 9. The second-order valence-corrected chi connectivity index (χ2v) is 6.52. The lowest BCUT2D eigenvalue weighted by Crippen LogP contribution is -2.23. The van der Waals surface area contributed by atoms with E-state index in [2.05, 4.69) is 15.8 Å². The van der Waals surface area contributed by atoms with Gasteiger partial charge in [-0.15, -0.1) is 0 Å². The average Bonchev–Trinajstić information content (AvgIpc) is 2.78. The third-order valence-corrected chi connectivity index (χ3v) is 4.16. The van der Waals surface area contributed by atoms with E-state index < -0.39 is 0 Å². The van der Waals surface area contributed by atoms with Crippen LogP contribution in [0.25, 0.3) is 0 Å². The van der Waals surface area contributed by atoms with Crippen molar-refractivity contribution < 1.29 is 14.2 Å². The number of ether oxygens (including phenoxy) is 3. The first kappa shape index (κ1) is 21.1. The minimum Gasteiger partial charge on any atom is -0.493 e. The maximum Gasteiger partial charge on any atom is 0.191 e. The van der Waals surface area contributed by atoms with E-state index in [0.717, 1.165) is 17.0 Å². The lowest BCUT2D eigenvalue weighted by molar-refractivity contribution is 0.211. The molecule has 154 valence electrons. The van der Waals surface area contributed by atoms with Crippen LogP contribution in [-0.2, 0) is 0 Å². The smallest absolute Gasteiger partial charge is 0.191 e. The molecule has 0 heterocycles. The molecule has 0 spiro atoms. The van der Waals surface area contributed by atoms with Crippen LogP contribution in [0.3, 0.4) is 0 Å². The molecule has 7 heteroatoms. The topological polar surface area (TPSA) is 64.1 Å². The van der Waals surface area contributed by atoms with Crippen LogP contribution in [0.5, 0.6) is 17.2 Å². The summed E-state index contributed by atoms with van der Waals surface area (Å²) in [5.74, 6) is 2.15. The van der Waals surface area contributed by atoms with E-state index in [1.165, 1.54) is 0 Å². The van der Waals surface area contributed by atoms with Crippen LogP contribution in [-0.4, -0.2) is 31.7 Å². The number of anilines is 1. The molecule has 0 bridgehead atoms. The van der Waals surface area contributed by atoms with E-state index in [-0.39, 0.29) is 0 Å². The Labute approximate surface area is 181 Å². The van der Waals surface area contributed by atoms with Crippen LogP contribution in [0.2, 0.25) is 0 Å². The van der Waals surface area contributed by atoms with Crippen LogP contribution < -0.4 is 25.0 Å². The summed E-state index contributed by atoms with van der Waals surface area (Å²) in [6.07, 6.45) is 1.69. The van der Waals surface area contributed by atoms with Crippen LogP contribution in [0.15, 0.2) is 84.0 Å². The van der Waals surface area contributed by atoms with Crippen LogP contribution >= 0.6 is 12.2 Å². The molecular weight excluding hydrogens is 398 g/mol. The number of benzene rings is 3. The molecule has 0 atom stereocenters. The molecule has 0 aliphatic rings. The van der Waals surface area contributed by atoms with Crippen LogP contribution in [0.1, 0.15) is 5.56 Å². The largest absolute Gasteiger partial charge is 0.493 e. The number of nitrogens with one attached hydrogen (secondary N) is 2. The summed E-state index contributed by atoms with van der Waals surface area (Å²) in [7, 11) is 1.62. The molecule has 0 saturated heterocycles. The Bertz CT molecular complexity index is 963. The first-order valence-corrected chi connectivity index (χ1v) is 9.79. The normalized spacial score (nSPS) is 10.4. The minimum absolute atomic E-state index is 0.416. The van der Waals surface area contributed by atoms with E-state index in [1.807, 2.05) is 78.9 Å². The van der Waals surface area contributed by atoms with Crippen molar-refractivity contribution in [3.63, 3.8) is 0 Å². The molecule has 0 aromatic heterocycles. The molecule has 0 fully saturated rings.